The lowest BCUT2D eigenvalue weighted by atomic mass is 10.0. The third kappa shape index (κ3) is 1.29. The van der Waals surface area contributed by atoms with Crippen LogP contribution in [0.25, 0.3) is 0 Å². The monoisotopic (exact) mass is 163 g/mol. The Bertz CT molecular complexity index is 108. The SMILES string of the molecule is CC1CC2CNCC2O1.Cl. The normalized spacial score (nSPS) is 44.7. The zero-order valence-electron chi connectivity index (χ0n) is 6.17. The summed E-state index contributed by atoms with van der Waals surface area (Å²) < 4.78 is 5.62. The van der Waals surface area contributed by atoms with Gasteiger partial charge in [0.2, 0.25) is 0 Å². The molecule has 0 aromatic heterocycles. The third-order valence-corrected chi connectivity index (χ3v) is 2.32. The summed E-state index contributed by atoms with van der Waals surface area (Å²) in [6, 6.07) is 0. The summed E-state index contributed by atoms with van der Waals surface area (Å²) in [5, 5.41) is 3.32. The molecule has 3 unspecified atom stereocenters. The van der Waals surface area contributed by atoms with Gasteiger partial charge in [-0.05, 0) is 13.3 Å². The van der Waals surface area contributed by atoms with Crippen LogP contribution < -0.4 is 5.32 Å². The van der Waals surface area contributed by atoms with Gasteiger partial charge in [0.1, 0.15) is 0 Å². The van der Waals surface area contributed by atoms with Crippen molar-refractivity contribution in [1.29, 1.82) is 0 Å². The molecule has 0 aromatic rings. The number of ether oxygens (including phenoxy) is 1. The molecule has 2 saturated heterocycles. The van der Waals surface area contributed by atoms with Gasteiger partial charge in [-0.2, -0.15) is 0 Å². The molecule has 2 heterocycles. The van der Waals surface area contributed by atoms with Crippen molar-refractivity contribution >= 4 is 12.4 Å². The molecule has 0 aliphatic carbocycles. The van der Waals surface area contributed by atoms with Crippen LogP contribution in [0.1, 0.15) is 13.3 Å². The number of halogens is 1. The largest absolute Gasteiger partial charge is 0.374 e. The van der Waals surface area contributed by atoms with Crippen molar-refractivity contribution in [1.82, 2.24) is 5.32 Å². The van der Waals surface area contributed by atoms with Crippen molar-refractivity contribution in [3.8, 4) is 0 Å². The zero-order chi connectivity index (χ0) is 6.27. The van der Waals surface area contributed by atoms with Crippen LogP contribution >= 0.6 is 12.4 Å². The molecule has 2 fully saturated rings. The molecule has 0 saturated carbocycles. The van der Waals surface area contributed by atoms with Gasteiger partial charge in [-0.3, -0.25) is 0 Å². The smallest absolute Gasteiger partial charge is 0.0744 e. The van der Waals surface area contributed by atoms with E-state index in [1.165, 1.54) is 13.0 Å². The lowest BCUT2D eigenvalue weighted by Crippen LogP contribution is -2.17. The fourth-order valence-corrected chi connectivity index (χ4v) is 1.88. The van der Waals surface area contributed by atoms with Gasteiger partial charge in [0.05, 0.1) is 12.2 Å². The van der Waals surface area contributed by atoms with E-state index >= 15 is 0 Å². The first-order valence-corrected chi connectivity index (χ1v) is 3.72. The van der Waals surface area contributed by atoms with Crippen LogP contribution in [-0.4, -0.2) is 25.3 Å². The van der Waals surface area contributed by atoms with Crippen LogP contribution in [-0.2, 0) is 4.74 Å². The van der Waals surface area contributed by atoms with E-state index in [0.29, 0.717) is 12.2 Å². The maximum absolute atomic E-state index is 5.62. The number of nitrogens with one attached hydrogen (secondary N) is 1. The van der Waals surface area contributed by atoms with E-state index in [2.05, 4.69) is 12.2 Å². The van der Waals surface area contributed by atoms with E-state index in [1.807, 2.05) is 0 Å². The number of fused-ring (bicyclic) bond motifs is 1. The van der Waals surface area contributed by atoms with Crippen molar-refractivity contribution in [2.45, 2.75) is 25.6 Å². The van der Waals surface area contributed by atoms with Crippen molar-refractivity contribution in [3.63, 3.8) is 0 Å². The standard InChI is InChI=1S/C7H13NO.ClH/c1-5-2-6-3-8-4-7(6)9-5;/h5-8H,2-4H2,1H3;1H. The fraction of sp³-hybridized carbons (Fsp3) is 1.00. The quantitative estimate of drug-likeness (QED) is 0.571. The van der Waals surface area contributed by atoms with E-state index in [4.69, 9.17) is 4.74 Å². The molecule has 3 atom stereocenters. The van der Waals surface area contributed by atoms with Gasteiger partial charge >= 0.3 is 0 Å². The zero-order valence-corrected chi connectivity index (χ0v) is 6.99. The summed E-state index contributed by atoms with van der Waals surface area (Å²) in [6.45, 7) is 4.42. The number of rotatable bonds is 0. The molecular weight excluding hydrogens is 150 g/mol. The minimum Gasteiger partial charge on any atom is -0.374 e. The lowest BCUT2D eigenvalue weighted by molar-refractivity contribution is 0.0586. The highest BCUT2D eigenvalue weighted by molar-refractivity contribution is 5.85. The van der Waals surface area contributed by atoms with Crippen LogP contribution in [0.15, 0.2) is 0 Å². The Labute approximate surface area is 67.7 Å². The Morgan fingerprint density at radius 1 is 1.40 bits per heavy atom. The van der Waals surface area contributed by atoms with E-state index in [1.54, 1.807) is 0 Å². The van der Waals surface area contributed by atoms with Crippen LogP contribution in [0.2, 0.25) is 0 Å². The van der Waals surface area contributed by atoms with Crippen molar-refractivity contribution in [2.24, 2.45) is 5.92 Å². The van der Waals surface area contributed by atoms with Crippen molar-refractivity contribution in [3.05, 3.63) is 0 Å². The molecular formula is C7H14ClNO. The second kappa shape index (κ2) is 3.07. The summed E-state index contributed by atoms with van der Waals surface area (Å²) in [5.74, 6) is 0.819. The van der Waals surface area contributed by atoms with Crippen LogP contribution in [0.5, 0.6) is 0 Å². The maximum atomic E-state index is 5.62. The second-order valence-corrected chi connectivity index (χ2v) is 3.14. The highest BCUT2D eigenvalue weighted by Gasteiger charge is 2.35. The Kier molecular flexibility index (Phi) is 2.55. The minimum absolute atomic E-state index is 0. The van der Waals surface area contributed by atoms with Gasteiger partial charge in [0, 0.05) is 19.0 Å². The minimum atomic E-state index is 0. The molecule has 2 aliphatic heterocycles. The van der Waals surface area contributed by atoms with E-state index in [-0.39, 0.29) is 12.4 Å². The van der Waals surface area contributed by atoms with Gasteiger partial charge in [-0.15, -0.1) is 12.4 Å². The summed E-state index contributed by atoms with van der Waals surface area (Å²) >= 11 is 0. The van der Waals surface area contributed by atoms with E-state index < -0.39 is 0 Å². The molecule has 2 rings (SSSR count). The molecule has 0 bridgehead atoms. The average Bonchev–Trinajstić information content (AvgIpc) is 2.22. The van der Waals surface area contributed by atoms with Crippen LogP contribution in [0.4, 0.5) is 0 Å². The predicted octanol–water partition coefficient (Wildman–Crippen LogP) is 0.805. The summed E-state index contributed by atoms with van der Waals surface area (Å²) in [4.78, 5) is 0. The van der Waals surface area contributed by atoms with Crippen LogP contribution in [0.3, 0.4) is 0 Å². The first kappa shape index (κ1) is 8.31. The Hall–Kier alpha value is 0.210. The molecule has 3 heteroatoms. The Morgan fingerprint density at radius 2 is 2.20 bits per heavy atom. The maximum Gasteiger partial charge on any atom is 0.0744 e. The number of hydrogen-bond donors (Lipinski definition) is 1. The van der Waals surface area contributed by atoms with Gasteiger partial charge in [-0.25, -0.2) is 0 Å². The highest BCUT2D eigenvalue weighted by Crippen LogP contribution is 2.28. The molecule has 2 aliphatic rings. The molecule has 0 spiro atoms. The van der Waals surface area contributed by atoms with Crippen LogP contribution in [0, 0.1) is 5.92 Å². The summed E-state index contributed by atoms with van der Waals surface area (Å²) in [7, 11) is 0. The molecule has 2 nitrogen and oxygen atoms in total. The summed E-state index contributed by atoms with van der Waals surface area (Å²) in [6.07, 6.45) is 2.32. The Balaban J connectivity index is 0.000000500. The van der Waals surface area contributed by atoms with Gasteiger partial charge < -0.3 is 10.1 Å². The average molecular weight is 164 g/mol. The molecule has 1 N–H and O–H groups in total. The fourth-order valence-electron chi connectivity index (χ4n) is 1.88. The van der Waals surface area contributed by atoms with Gasteiger partial charge in [0.25, 0.3) is 0 Å². The van der Waals surface area contributed by atoms with Crippen molar-refractivity contribution < 1.29 is 4.74 Å². The number of hydrogen-bond acceptors (Lipinski definition) is 2. The van der Waals surface area contributed by atoms with E-state index in [0.717, 1.165) is 12.5 Å². The van der Waals surface area contributed by atoms with E-state index in [9.17, 15) is 0 Å². The van der Waals surface area contributed by atoms with Gasteiger partial charge in [-0.1, -0.05) is 0 Å². The molecule has 10 heavy (non-hydrogen) atoms. The predicted molar refractivity (Wildman–Crippen MR) is 42.6 cm³/mol. The van der Waals surface area contributed by atoms with Gasteiger partial charge in [0.15, 0.2) is 0 Å². The second-order valence-electron chi connectivity index (χ2n) is 3.14. The highest BCUT2D eigenvalue weighted by atomic mass is 35.5. The molecule has 0 aromatic carbocycles. The Morgan fingerprint density at radius 3 is 2.90 bits per heavy atom. The van der Waals surface area contributed by atoms with Crippen molar-refractivity contribution in [2.75, 3.05) is 13.1 Å². The molecule has 60 valence electrons. The topological polar surface area (TPSA) is 21.3 Å². The summed E-state index contributed by atoms with van der Waals surface area (Å²) in [5.41, 5.74) is 0. The first-order chi connectivity index (χ1) is 4.36. The first-order valence-electron chi connectivity index (χ1n) is 3.72. The molecule has 0 amide bonds. The molecule has 0 radical (unpaired) electrons. The third-order valence-electron chi connectivity index (χ3n) is 2.32. The lowest BCUT2D eigenvalue weighted by Gasteiger charge is -2.05.